The molecule has 0 fully saturated rings. The van der Waals surface area contributed by atoms with Gasteiger partial charge in [-0.05, 0) is 31.3 Å². The number of benzene rings is 1. The highest BCUT2D eigenvalue weighted by Crippen LogP contribution is 2.15. The number of hydrogen-bond donors (Lipinski definition) is 1. The number of amides is 1. The molecule has 0 saturated heterocycles. The Balaban J connectivity index is 2.24. The van der Waals surface area contributed by atoms with Crippen molar-refractivity contribution in [3.63, 3.8) is 0 Å². The number of nitrogens with one attached hydrogen (secondary N) is 1. The zero-order valence-electron chi connectivity index (χ0n) is 10.8. The summed E-state index contributed by atoms with van der Waals surface area (Å²) in [5.74, 6) is 0.943. The van der Waals surface area contributed by atoms with Crippen LogP contribution in [-0.2, 0) is 4.79 Å². The largest absolute Gasteiger partial charge is 0.492 e. The summed E-state index contributed by atoms with van der Waals surface area (Å²) in [4.78, 5) is 13.3. The van der Waals surface area contributed by atoms with Gasteiger partial charge in [0.25, 0.3) is 0 Å². The molecular formula is C13H19BrN2O2. The highest BCUT2D eigenvalue weighted by molar-refractivity contribution is 9.10. The van der Waals surface area contributed by atoms with E-state index in [1.165, 1.54) is 0 Å². The van der Waals surface area contributed by atoms with Gasteiger partial charge in [0.05, 0.1) is 6.54 Å². The van der Waals surface area contributed by atoms with Crippen LogP contribution in [0.5, 0.6) is 5.75 Å². The van der Waals surface area contributed by atoms with E-state index in [9.17, 15) is 4.79 Å². The Morgan fingerprint density at radius 2 is 2.06 bits per heavy atom. The molecule has 0 unspecified atom stereocenters. The average Bonchev–Trinajstić information content (AvgIpc) is 2.38. The summed E-state index contributed by atoms with van der Waals surface area (Å²) in [7, 11) is 3.63. The van der Waals surface area contributed by atoms with E-state index in [1.54, 1.807) is 11.9 Å². The molecule has 0 aliphatic heterocycles. The second kappa shape index (κ2) is 8.11. The number of hydrogen-bond acceptors (Lipinski definition) is 3. The normalized spacial score (nSPS) is 10.2. The van der Waals surface area contributed by atoms with E-state index in [0.717, 1.165) is 10.2 Å². The predicted octanol–water partition coefficient (Wildman–Crippen LogP) is 1.90. The summed E-state index contributed by atoms with van der Waals surface area (Å²) in [5.41, 5.74) is 0. The minimum Gasteiger partial charge on any atom is -0.492 e. The lowest BCUT2D eigenvalue weighted by Crippen LogP contribution is -2.32. The van der Waals surface area contributed by atoms with Crippen LogP contribution >= 0.6 is 15.9 Å². The second-order valence-electron chi connectivity index (χ2n) is 3.97. The maximum atomic E-state index is 11.6. The fourth-order valence-corrected chi connectivity index (χ4v) is 1.64. The number of likely N-dealkylation sites (N-methyl/N-ethyl adjacent to an activating group) is 1. The van der Waals surface area contributed by atoms with Crippen molar-refractivity contribution in [3.05, 3.63) is 28.7 Å². The molecule has 1 aromatic carbocycles. The minimum absolute atomic E-state index is 0.128. The van der Waals surface area contributed by atoms with E-state index in [4.69, 9.17) is 4.74 Å². The van der Waals surface area contributed by atoms with Gasteiger partial charge in [-0.3, -0.25) is 4.79 Å². The number of halogens is 1. The fraction of sp³-hybridized carbons (Fsp3) is 0.462. The fourth-order valence-electron chi connectivity index (χ4n) is 1.38. The molecule has 4 nitrogen and oxygen atoms in total. The van der Waals surface area contributed by atoms with Gasteiger partial charge in [0.15, 0.2) is 0 Å². The molecule has 0 aliphatic rings. The van der Waals surface area contributed by atoms with Gasteiger partial charge in [-0.25, -0.2) is 0 Å². The van der Waals surface area contributed by atoms with E-state index in [2.05, 4.69) is 21.2 Å². The highest BCUT2D eigenvalue weighted by Gasteiger charge is 2.07. The minimum atomic E-state index is 0.128. The molecule has 0 radical (unpaired) electrons. The Kier molecular flexibility index (Phi) is 6.75. The number of nitrogens with zero attached hydrogens (tertiary/aromatic N) is 1. The molecule has 0 saturated carbocycles. The summed E-state index contributed by atoms with van der Waals surface area (Å²) in [6.07, 6.45) is 0.519. The van der Waals surface area contributed by atoms with Gasteiger partial charge in [0, 0.05) is 24.5 Å². The quantitative estimate of drug-likeness (QED) is 0.835. The van der Waals surface area contributed by atoms with Crippen molar-refractivity contribution >= 4 is 21.8 Å². The first-order chi connectivity index (χ1) is 8.63. The second-order valence-corrected chi connectivity index (χ2v) is 4.89. The van der Waals surface area contributed by atoms with Crippen LogP contribution in [0.4, 0.5) is 0 Å². The van der Waals surface area contributed by atoms with E-state index >= 15 is 0 Å². The Labute approximate surface area is 116 Å². The standard InChI is InChI=1S/C13H19BrN2O2/c1-15-8-7-13(17)16(2)9-10-18-12-5-3-11(14)4-6-12/h3-6,15H,7-10H2,1-2H3. The van der Waals surface area contributed by atoms with Gasteiger partial charge in [0.2, 0.25) is 5.91 Å². The molecule has 18 heavy (non-hydrogen) atoms. The van der Waals surface area contributed by atoms with Crippen molar-refractivity contribution < 1.29 is 9.53 Å². The zero-order valence-corrected chi connectivity index (χ0v) is 12.4. The van der Waals surface area contributed by atoms with Crippen LogP contribution in [-0.4, -0.2) is 44.6 Å². The highest BCUT2D eigenvalue weighted by atomic mass is 79.9. The molecule has 0 spiro atoms. The zero-order chi connectivity index (χ0) is 13.4. The van der Waals surface area contributed by atoms with Crippen molar-refractivity contribution in [2.24, 2.45) is 0 Å². The first kappa shape index (κ1) is 15.0. The first-order valence-corrected chi connectivity index (χ1v) is 6.69. The molecule has 0 aromatic heterocycles. The van der Waals surface area contributed by atoms with Gasteiger partial charge in [-0.1, -0.05) is 15.9 Å². The summed E-state index contributed by atoms with van der Waals surface area (Å²) in [6.45, 7) is 1.80. The van der Waals surface area contributed by atoms with E-state index in [1.807, 2.05) is 31.3 Å². The number of ether oxygens (including phenoxy) is 1. The molecule has 0 heterocycles. The number of rotatable bonds is 7. The predicted molar refractivity (Wildman–Crippen MR) is 75.8 cm³/mol. The number of carbonyl (C=O) groups excluding carboxylic acids is 1. The van der Waals surface area contributed by atoms with Crippen LogP contribution in [0.1, 0.15) is 6.42 Å². The Hall–Kier alpha value is -1.07. The lowest BCUT2D eigenvalue weighted by Gasteiger charge is -2.17. The third-order valence-corrected chi connectivity index (χ3v) is 3.05. The summed E-state index contributed by atoms with van der Waals surface area (Å²) in [5, 5.41) is 2.96. The molecular weight excluding hydrogens is 296 g/mol. The third kappa shape index (κ3) is 5.51. The topological polar surface area (TPSA) is 41.6 Å². The first-order valence-electron chi connectivity index (χ1n) is 5.90. The SMILES string of the molecule is CNCCC(=O)N(C)CCOc1ccc(Br)cc1. The van der Waals surface area contributed by atoms with Crippen molar-refractivity contribution in [1.82, 2.24) is 10.2 Å². The smallest absolute Gasteiger partial charge is 0.223 e. The van der Waals surface area contributed by atoms with Gasteiger partial charge >= 0.3 is 0 Å². The van der Waals surface area contributed by atoms with Gasteiger partial charge in [-0.15, -0.1) is 0 Å². The third-order valence-electron chi connectivity index (χ3n) is 2.52. The maximum Gasteiger partial charge on any atom is 0.223 e. The average molecular weight is 315 g/mol. The molecule has 0 bridgehead atoms. The molecule has 5 heteroatoms. The lowest BCUT2D eigenvalue weighted by molar-refractivity contribution is -0.130. The Bertz CT molecular complexity index is 368. The van der Waals surface area contributed by atoms with Crippen LogP contribution < -0.4 is 10.1 Å². The van der Waals surface area contributed by atoms with Crippen LogP contribution in [0, 0.1) is 0 Å². The van der Waals surface area contributed by atoms with Gasteiger partial charge in [-0.2, -0.15) is 0 Å². The van der Waals surface area contributed by atoms with Crippen molar-refractivity contribution in [1.29, 1.82) is 0 Å². The van der Waals surface area contributed by atoms with Gasteiger partial charge in [0.1, 0.15) is 12.4 Å². The Morgan fingerprint density at radius 3 is 2.67 bits per heavy atom. The van der Waals surface area contributed by atoms with Crippen LogP contribution in [0.15, 0.2) is 28.7 Å². The molecule has 1 amide bonds. The molecule has 0 atom stereocenters. The van der Waals surface area contributed by atoms with E-state index in [0.29, 0.717) is 26.1 Å². The lowest BCUT2D eigenvalue weighted by atomic mass is 10.3. The molecule has 0 aliphatic carbocycles. The monoisotopic (exact) mass is 314 g/mol. The van der Waals surface area contributed by atoms with E-state index < -0.39 is 0 Å². The molecule has 100 valence electrons. The van der Waals surface area contributed by atoms with Crippen molar-refractivity contribution in [2.75, 3.05) is 33.8 Å². The Morgan fingerprint density at radius 1 is 1.39 bits per heavy atom. The maximum absolute atomic E-state index is 11.6. The van der Waals surface area contributed by atoms with Crippen LogP contribution in [0.3, 0.4) is 0 Å². The summed E-state index contributed by atoms with van der Waals surface area (Å²) >= 11 is 3.37. The number of carbonyl (C=O) groups is 1. The van der Waals surface area contributed by atoms with Crippen molar-refractivity contribution in [2.45, 2.75) is 6.42 Å². The van der Waals surface area contributed by atoms with Crippen LogP contribution in [0.2, 0.25) is 0 Å². The molecule has 1 N–H and O–H groups in total. The van der Waals surface area contributed by atoms with E-state index in [-0.39, 0.29) is 5.91 Å². The summed E-state index contributed by atoms with van der Waals surface area (Å²) < 4.78 is 6.58. The molecule has 1 aromatic rings. The van der Waals surface area contributed by atoms with Crippen molar-refractivity contribution in [3.8, 4) is 5.75 Å². The van der Waals surface area contributed by atoms with Crippen LogP contribution in [0.25, 0.3) is 0 Å². The molecule has 1 rings (SSSR count). The van der Waals surface area contributed by atoms with Gasteiger partial charge < -0.3 is 15.0 Å². The summed E-state index contributed by atoms with van der Waals surface area (Å²) in [6, 6.07) is 7.65.